The molecule has 1 aliphatic heterocycles. The quantitative estimate of drug-likeness (QED) is 0.786. The molecule has 0 aromatic carbocycles. The Hall–Kier alpha value is -0.980. The molecule has 0 aromatic heterocycles. The molecule has 0 bridgehead atoms. The van der Waals surface area contributed by atoms with Crippen LogP contribution in [0.4, 0.5) is 18.0 Å². The van der Waals surface area contributed by atoms with Gasteiger partial charge in [0.2, 0.25) is 0 Å². The summed E-state index contributed by atoms with van der Waals surface area (Å²) in [5.74, 6) is 0.137. The number of hydrogen-bond acceptors (Lipinski definition) is 2. The summed E-state index contributed by atoms with van der Waals surface area (Å²) in [7, 11) is 0. The fraction of sp³-hybridized carbons (Fsp3) is 0.889. The summed E-state index contributed by atoms with van der Waals surface area (Å²) in [6.45, 7) is 0.139. The van der Waals surface area contributed by atoms with E-state index in [2.05, 4.69) is 5.32 Å². The minimum absolute atomic E-state index is 0.137. The normalized spacial score (nSPS) is 18.8. The molecular weight excluding hydrogens is 225 g/mol. The lowest BCUT2D eigenvalue weighted by atomic mass is 9.97. The average molecular weight is 240 g/mol. The molecule has 1 rings (SSSR count). The van der Waals surface area contributed by atoms with Crippen molar-refractivity contribution in [2.45, 2.75) is 19.0 Å². The van der Waals surface area contributed by atoms with E-state index in [0.717, 1.165) is 0 Å². The summed E-state index contributed by atoms with van der Waals surface area (Å²) in [5.41, 5.74) is 0. The van der Waals surface area contributed by atoms with Crippen molar-refractivity contribution >= 4 is 6.09 Å². The number of halogens is 3. The first-order valence-electron chi connectivity index (χ1n) is 5.14. The molecule has 0 aromatic rings. The fourth-order valence-corrected chi connectivity index (χ4v) is 1.75. The van der Waals surface area contributed by atoms with Gasteiger partial charge in [0.15, 0.2) is 0 Å². The van der Waals surface area contributed by atoms with Crippen molar-refractivity contribution in [1.29, 1.82) is 0 Å². The third kappa shape index (κ3) is 4.69. The van der Waals surface area contributed by atoms with Crippen molar-refractivity contribution in [2.75, 3.05) is 26.2 Å². The van der Waals surface area contributed by atoms with Crippen molar-refractivity contribution in [3.05, 3.63) is 0 Å². The van der Waals surface area contributed by atoms with Crippen molar-refractivity contribution in [3.8, 4) is 0 Å². The summed E-state index contributed by atoms with van der Waals surface area (Å²) in [6, 6.07) is 0. The Balaban J connectivity index is 2.15. The van der Waals surface area contributed by atoms with E-state index < -0.39 is 18.8 Å². The van der Waals surface area contributed by atoms with Crippen LogP contribution in [0.5, 0.6) is 0 Å². The zero-order chi connectivity index (χ0) is 12.2. The van der Waals surface area contributed by atoms with Crippen LogP contribution in [0.15, 0.2) is 0 Å². The minimum atomic E-state index is -4.18. The molecule has 2 N–H and O–H groups in total. The van der Waals surface area contributed by atoms with Crippen molar-refractivity contribution in [1.82, 2.24) is 10.2 Å². The predicted octanol–water partition coefficient (Wildman–Crippen LogP) is 1.53. The number of amides is 1. The number of carboxylic acid groups (broad SMARTS) is 1. The van der Waals surface area contributed by atoms with Crippen LogP contribution in [0.2, 0.25) is 0 Å². The Bertz CT molecular complexity index is 237. The lowest BCUT2D eigenvalue weighted by molar-refractivity contribution is -0.125. The van der Waals surface area contributed by atoms with Crippen LogP contribution in [0, 0.1) is 5.92 Å². The molecule has 1 aliphatic rings. The molecule has 7 heteroatoms. The third-order valence-electron chi connectivity index (χ3n) is 2.64. The number of rotatable bonds is 3. The first kappa shape index (κ1) is 13.1. The summed E-state index contributed by atoms with van der Waals surface area (Å²) in [5, 5.41) is 11.0. The van der Waals surface area contributed by atoms with E-state index in [1.807, 2.05) is 0 Å². The maximum atomic E-state index is 11.8. The van der Waals surface area contributed by atoms with Gasteiger partial charge in [-0.1, -0.05) is 0 Å². The number of nitrogens with zero attached hydrogens (tertiary/aromatic N) is 1. The highest BCUT2D eigenvalue weighted by atomic mass is 19.4. The van der Waals surface area contributed by atoms with Gasteiger partial charge in [-0.15, -0.1) is 0 Å². The Labute approximate surface area is 91.4 Å². The molecule has 4 nitrogen and oxygen atoms in total. The van der Waals surface area contributed by atoms with Crippen molar-refractivity contribution < 1.29 is 23.1 Å². The molecule has 0 unspecified atom stereocenters. The van der Waals surface area contributed by atoms with E-state index in [0.29, 0.717) is 32.5 Å². The van der Waals surface area contributed by atoms with Gasteiger partial charge in [-0.2, -0.15) is 13.2 Å². The standard InChI is InChI=1S/C9H15F3N2O2/c10-9(11,12)6-13-5-7-1-3-14(4-2-7)8(15)16/h7,13H,1-6H2,(H,15,16). The largest absolute Gasteiger partial charge is 0.465 e. The fourth-order valence-electron chi connectivity index (χ4n) is 1.75. The molecule has 1 amide bonds. The summed E-state index contributed by atoms with van der Waals surface area (Å²) >= 11 is 0. The highest BCUT2D eigenvalue weighted by Crippen LogP contribution is 2.17. The molecular formula is C9H15F3N2O2. The molecule has 0 spiro atoms. The highest BCUT2D eigenvalue weighted by Gasteiger charge is 2.27. The number of hydrogen-bond donors (Lipinski definition) is 2. The van der Waals surface area contributed by atoms with E-state index in [-0.39, 0.29) is 5.92 Å². The predicted molar refractivity (Wildman–Crippen MR) is 51.2 cm³/mol. The zero-order valence-corrected chi connectivity index (χ0v) is 8.76. The Kier molecular flexibility index (Phi) is 4.40. The van der Waals surface area contributed by atoms with Crippen LogP contribution in [-0.4, -0.2) is 48.5 Å². The topological polar surface area (TPSA) is 52.6 Å². The lowest BCUT2D eigenvalue weighted by Crippen LogP contribution is -2.41. The van der Waals surface area contributed by atoms with Gasteiger partial charge in [-0.3, -0.25) is 0 Å². The summed E-state index contributed by atoms with van der Waals surface area (Å²) in [6.07, 6.45) is -3.89. The second-order valence-electron chi connectivity index (χ2n) is 3.96. The van der Waals surface area contributed by atoms with Gasteiger partial charge in [0.1, 0.15) is 0 Å². The average Bonchev–Trinajstić information content (AvgIpc) is 2.16. The van der Waals surface area contributed by atoms with Crippen LogP contribution in [0.3, 0.4) is 0 Å². The van der Waals surface area contributed by atoms with Gasteiger partial charge in [-0.05, 0) is 25.3 Å². The van der Waals surface area contributed by atoms with Crippen LogP contribution >= 0.6 is 0 Å². The lowest BCUT2D eigenvalue weighted by Gasteiger charge is -2.30. The van der Waals surface area contributed by atoms with Gasteiger partial charge < -0.3 is 15.3 Å². The molecule has 16 heavy (non-hydrogen) atoms. The first-order valence-corrected chi connectivity index (χ1v) is 5.14. The first-order chi connectivity index (χ1) is 7.38. The Morgan fingerprint density at radius 1 is 1.38 bits per heavy atom. The smallest absolute Gasteiger partial charge is 0.407 e. The molecule has 0 aliphatic carbocycles. The molecule has 1 saturated heterocycles. The van der Waals surface area contributed by atoms with Crippen LogP contribution in [0.25, 0.3) is 0 Å². The second-order valence-corrected chi connectivity index (χ2v) is 3.96. The summed E-state index contributed by atoms with van der Waals surface area (Å²) in [4.78, 5) is 11.9. The maximum Gasteiger partial charge on any atom is 0.407 e. The van der Waals surface area contributed by atoms with E-state index in [1.165, 1.54) is 4.90 Å². The van der Waals surface area contributed by atoms with E-state index >= 15 is 0 Å². The van der Waals surface area contributed by atoms with E-state index in [9.17, 15) is 18.0 Å². The van der Waals surface area contributed by atoms with Gasteiger partial charge in [0.05, 0.1) is 6.54 Å². The van der Waals surface area contributed by atoms with Crippen LogP contribution in [0.1, 0.15) is 12.8 Å². The van der Waals surface area contributed by atoms with Gasteiger partial charge in [-0.25, -0.2) is 4.79 Å². The second kappa shape index (κ2) is 5.38. The molecule has 0 saturated carbocycles. The van der Waals surface area contributed by atoms with Gasteiger partial charge in [0, 0.05) is 13.1 Å². The monoisotopic (exact) mass is 240 g/mol. The SMILES string of the molecule is O=C(O)N1CCC(CNCC(F)(F)F)CC1. The molecule has 1 heterocycles. The van der Waals surface area contributed by atoms with E-state index in [1.54, 1.807) is 0 Å². The third-order valence-corrected chi connectivity index (χ3v) is 2.64. The molecule has 94 valence electrons. The number of likely N-dealkylation sites (tertiary alicyclic amines) is 1. The number of carbonyl (C=O) groups is 1. The molecule has 1 fully saturated rings. The maximum absolute atomic E-state index is 11.8. The Morgan fingerprint density at radius 2 is 1.94 bits per heavy atom. The molecule has 0 radical (unpaired) electrons. The van der Waals surface area contributed by atoms with E-state index in [4.69, 9.17) is 5.11 Å². The molecule has 0 atom stereocenters. The van der Waals surface area contributed by atoms with Crippen molar-refractivity contribution in [3.63, 3.8) is 0 Å². The van der Waals surface area contributed by atoms with Gasteiger partial charge in [0.25, 0.3) is 0 Å². The van der Waals surface area contributed by atoms with Crippen molar-refractivity contribution in [2.24, 2.45) is 5.92 Å². The Morgan fingerprint density at radius 3 is 2.38 bits per heavy atom. The zero-order valence-electron chi connectivity index (χ0n) is 8.76. The number of alkyl halides is 3. The van der Waals surface area contributed by atoms with Crippen LogP contribution in [-0.2, 0) is 0 Å². The highest BCUT2D eigenvalue weighted by molar-refractivity contribution is 5.64. The minimum Gasteiger partial charge on any atom is -0.465 e. The number of nitrogens with one attached hydrogen (secondary N) is 1. The summed E-state index contributed by atoms with van der Waals surface area (Å²) < 4.78 is 35.5. The van der Waals surface area contributed by atoms with Crippen LogP contribution < -0.4 is 5.32 Å². The number of piperidine rings is 1. The van der Waals surface area contributed by atoms with Gasteiger partial charge >= 0.3 is 12.3 Å².